The van der Waals surface area contributed by atoms with Gasteiger partial charge >= 0.3 is 19.8 Å². The van der Waals surface area contributed by atoms with Crippen LogP contribution in [0, 0.1) is 0 Å². The first-order valence-electron chi connectivity index (χ1n) is 25.8. The quantitative estimate of drug-likeness (QED) is 0.0366. The molecule has 0 bridgehead atoms. The van der Waals surface area contributed by atoms with Crippen LogP contribution in [0.4, 0.5) is 0 Å². The molecule has 8 nitrogen and oxygen atoms in total. The average Bonchev–Trinajstić information content (AvgIpc) is 3.22. The van der Waals surface area contributed by atoms with Crippen LogP contribution in [0.5, 0.6) is 0 Å². The van der Waals surface area contributed by atoms with Crippen LogP contribution in [0.25, 0.3) is 0 Å². The number of carbonyl (C=O) groups excluding carboxylic acids is 2. The summed E-state index contributed by atoms with van der Waals surface area (Å²) in [5, 5.41) is 0. The van der Waals surface area contributed by atoms with E-state index in [1.807, 2.05) is 0 Å². The lowest BCUT2D eigenvalue weighted by atomic mass is 10.0. The van der Waals surface area contributed by atoms with E-state index >= 15 is 0 Å². The van der Waals surface area contributed by atoms with Crippen molar-refractivity contribution in [3.8, 4) is 0 Å². The monoisotopic (exact) mass is 859 g/mol. The molecule has 0 amide bonds. The van der Waals surface area contributed by atoms with Gasteiger partial charge in [-0.05, 0) is 19.8 Å². The molecule has 0 radical (unpaired) electrons. The molecule has 0 aromatic carbocycles. The standard InChI is InChI=1S/C50H99O8P/c1-4-7-9-11-13-15-17-19-21-23-25-27-29-31-33-35-37-39-41-43-45-50(52)58-48(47-57-59(53,54)56-6-3)46-55-49(51)44-42-40-38-36-34-32-30-28-26-24-22-20-18-16-14-12-10-8-5-2/h48H,4-47H2,1-3H3,(H,53,54). The van der Waals surface area contributed by atoms with E-state index in [1.54, 1.807) is 6.92 Å². The summed E-state index contributed by atoms with van der Waals surface area (Å²) in [4.78, 5) is 34.9. The molecule has 1 N–H and O–H groups in total. The Morgan fingerprint density at radius 3 is 0.949 bits per heavy atom. The van der Waals surface area contributed by atoms with Crippen LogP contribution in [0.2, 0.25) is 0 Å². The largest absolute Gasteiger partial charge is 0.472 e. The number of esters is 2. The minimum absolute atomic E-state index is 0.00605. The molecular weight excluding hydrogens is 760 g/mol. The molecule has 0 aliphatic heterocycles. The summed E-state index contributed by atoms with van der Waals surface area (Å²) >= 11 is 0. The number of rotatable bonds is 49. The molecule has 0 spiro atoms. The summed E-state index contributed by atoms with van der Waals surface area (Å²) in [5.74, 6) is -0.774. The van der Waals surface area contributed by atoms with Gasteiger partial charge in [-0.25, -0.2) is 4.57 Å². The van der Waals surface area contributed by atoms with Crippen LogP contribution in [-0.4, -0.2) is 42.8 Å². The Hall–Kier alpha value is -0.950. The highest BCUT2D eigenvalue weighted by molar-refractivity contribution is 7.47. The molecule has 0 aromatic rings. The normalized spacial score (nSPS) is 13.1. The summed E-state index contributed by atoms with van der Waals surface area (Å²) in [6.45, 7) is 5.56. The lowest BCUT2D eigenvalue weighted by molar-refractivity contribution is -0.161. The molecule has 0 aliphatic rings. The van der Waals surface area contributed by atoms with Gasteiger partial charge in [0.05, 0.1) is 13.2 Å². The minimum atomic E-state index is -4.28. The molecule has 0 rings (SSSR count). The number of hydrogen-bond acceptors (Lipinski definition) is 7. The highest BCUT2D eigenvalue weighted by Crippen LogP contribution is 2.43. The third-order valence-corrected chi connectivity index (χ3v) is 12.7. The Morgan fingerprint density at radius 1 is 0.390 bits per heavy atom. The summed E-state index contributed by atoms with van der Waals surface area (Å²) in [6, 6.07) is 0. The maximum Gasteiger partial charge on any atom is 0.472 e. The van der Waals surface area contributed by atoms with Gasteiger partial charge in [0.2, 0.25) is 0 Å². The van der Waals surface area contributed by atoms with Gasteiger partial charge in [-0.1, -0.05) is 251 Å². The van der Waals surface area contributed by atoms with E-state index in [4.69, 9.17) is 18.5 Å². The predicted molar refractivity (Wildman–Crippen MR) is 249 cm³/mol. The van der Waals surface area contributed by atoms with Crippen molar-refractivity contribution in [3.63, 3.8) is 0 Å². The maximum absolute atomic E-state index is 12.6. The Kier molecular flexibility index (Phi) is 45.8. The molecule has 0 saturated carbocycles. The van der Waals surface area contributed by atoms with Crippen molar-refractivity contribution in [2.24, 2.45) is 0 Å². The van der Waals surface area contributed by atoms with Gasteiger partial charge in [-0.3, -0.25) is 18.6 Å². The maximum atomic E-state index is 12.6. The van der Waals surface area contributed by atoms with Crippen LogP contribution in [0.15, 0.2) is 0 Å². The SMILES string of the molecule is CCCCCCCCCCCCCCCCCCCCCCC(=O)OC(COC(=O)CCCCCCCCCCCCCCCCCCCCC)COP(=O)(O)OCC. The number of hydrogen-bond donors (Lipinski definition) is 1. The molecule has 0 aromatic heterocycles. The molecule has 0 fully saturated rings. The van der Waals surface area contributed by atoms with E-state index in [9.17, 15) is 19.0 Å². The number of unbranched alkanes of at least 4 members (excludes halogenated alkanes) is 37. The number of carbonyl (C=O) groups is 2. The van der Waals surface area contributed by atoms with Crippen LogP contribution in [0.3, 0.4) is 0 Å². The van der Waals surface area contributed by atoms with Crippen molar-refractivity contribution in [3.05, 3.63) is 0 Å². The second kappa shape index (κ2) is 46.6. The van der Waals surface area contributed by atoms with Gasteiger partial charge in [-0.2, -0.15) is 0 Å². The fourth-order valence-electron chi connectivity index (χ4n) is 7.87. The van der Waals surface area contributed by atoms with Crippen LogP contribution < -0.4 is 0 Å². The molecule has 352 valence electrons. The van der Waals surface area contributed by atoms with E-state index in [0.717, 1.165) is 38.5 Å². The minimum Gasteiger partial charge on any atom is -0.462 e. The Balaban J connectivity index is 3.92. The fourth-order valence-corrected chi connectivity index (χ4v) is 8.62. The molecule has 0 saturated heterocycles. The van der Waals surface area contributed by atoms with Gasteiger partial charge in [0.15, 0.2) is 6.10 Å². The van der Waals surface area contributed by atoms with E-state index in [-0.39, 0.29) is 32.2 Å². The first kappa shape index (κ1) is 58.0. The van der Waals surface area contributed by atoms with Crippen LogP contribution >= 0.6 is 7.82 Å². The van der Waals surface area contributed by atoms with Crippen molar-refractivity contribution in [2.75, 3.05) is 19.8 Å². The fraction of sp³-hybridized carbons (Fsp3) is 0.960. The van der Waals surface area contributed by atoms with Gasteiger partial charge in [0.1, 0.15) is 6.61 Å². The van der Waals surface area contributed by atoms with Crippen molar-refractivity contribution in [1.82, 2.24) is 0 Å². The molecular formula is C50H99O8P. The lowest BCUT2D eigenvalue weighted by Gasteiger charge is -2.19. The van der Waals surface area contributed by atoms with Crippen molar-refractivity contribution < 1.29 is 37.6 Å². The van der Waals surface area contributed by atoms with Crippen molar-refractivity contribution in [1.29, 1.82) is 0 Å². The van der Waals surface area contributed by atoms with E-state index in [2.05, 4.69) is 13.8 Å². The van der Waals surface area contributed by atoms with Gasteiger partial charge in [0, 0.05) is 12.8 Å². The summed E-state index contributed by atoms with van der Waals surface area (Å²) in [6.07, 6.45) is 50.2. The number of ether oxygens (including phenoxy) is 2. The first-order valence-corrected chi connectivity index (χ1v) is 27.3. The zero-order chi connectivity index (χ0) is 43.2. The van der Waals surface area contributed by atoms with Crippen molar-refractivity contribution in [2.45, 2.75) is 290 Å². The number of phosphoric acid groups is 1. The van der Waals surface area contributed by atoms with E-state index in [1.165, 1.54) is 212 Å². The highest BCUT2D eigenvalue weighted by atomic mass is 31.2. The second-order valence-corrected chi connectivity index (χ2v) is 19.0. The molecule has 59 heavy (non-hydrogen) atoms. The van der Waals surface area contributed by atoms with Crippen LogP contribution in [0.1, 0.15) is 284 Å². The summed E-state index contributed by atoms with van der Waals surface area (Å²) < 4.78 is 32.8. The van der Waals surface area contributed by atoms with E-state index in [0.29, 0.717) is 6.42 Å². The van der Waals surface area contributed by atoms with E-state index < -0.39 is 19.9 Å². The average molecular weight is 859 g/mol. The summed E-state index contributed by atoms with van der Waals surface area (Å²) in [7, 11) is -4.28. The van der Waals surface area contributed by atoms with Gasteiger partial charge in [-0.15, -0.1) is 0 Å². The molecule has 2 atom stereocenters. The zero-order valence-corrected chi connectivity index (χ0v) is 40.3. The molecule has 2 unspecified atom stereocenters. The second-order valence-electron chi connectivity index (χ2n) is 17.6. The Morgan fingerprint density at radius 2 is 0.661 bits per heavy atom. The zero-order valence-electron chi connectivity index (χ0n) is 39.4. The first-order chi connectivity index (χ1) is 28.8. The van der Waals surface area contributed by atoms with Gasteiger partial charge in [0.25, 0.3) is 0 Å². The van der Waals surface area contributed by atoms with Crippen molar-refractivity contribution >= 4 is 19.8 Å². The molecule has 0 heterocycles. The Bertz CT molecular complexity index is 931. The molecule has 0 aliphatic carbocycles. The Labute approximate surface area is 366 Å². The third-order valence-electron chi connectivity index (χ3n) is 11.7. The number of phosphoric ester groups is 1. The molecule has 9 heteroatoms. The topological polar surface area (TPSA) is 108 Å². The van der Waals surface area contributed by atoms with Crippen LogP contribution in [-0.2, 0) is 32.7 Å². The lowest BCUT2D eigenvalue weighted by Crippen LogP contribution is -2.29. The van der Waals surface area contributed by atoms with Gasteiger partial charge < -0.3 is 14.4 Å². The predicted octanol–water partition coefficient (Wildman–Crippen LogP) is 16.6. The summed E-state index contributed by atoms with van der Waals surface area (Å²) in [5.41, 5.74) is 0. The third kappa shape index (κ3) is 46.4. The highest BCUT2D eigenvalue weighted by Gasteiger charge is 2.25. The smallest absolute Gasteiger partial charge is 0.462 e.